The zero-order valence-corrected chi connectivity index (χ0v) is 8.97. The molecule has 0 aromatic carbocycles. The molecule has 2 rings (SSSR count). The number of nitrogens with zero attached hydrogens (tertiary/aromatic N) is 2. The fraction of sp³-hybridized carbons (Fsp3) is 0.333. The van der Waals surface area contributed by atoms with E-state index in [1.54, 1.807) is 6.20 Å². The van der Waals surface area contributed by atoms with Crippen molar-refractivity contribution in [2.45, 2.75) is 12.8 Å². The monoisotopic (exact) mass is 218 g/mol. The molecule has 0 saturated carbocycles. The minimum atomic E-state index is -0.833. The summed E-state index contributed by atoms with van der Waals surface area (Å²) < 4.78 is 0. The predicted molar refractivity (Wildman–Crippen MR) is 61.0 cm³/mol. The van der Waals surface area contributed by atoms with Crippen molar-refractivity contribution in [3.63, 3.8) is 0 Å². The Morgan fingerprint density at radius 1 is 1.44 bits per heavy atom. The molecular weight excluding hydrogens is 204 g/mol. The highest BCUT2D eigenvalue weighted by Crippen LogP contribution is 2.21. The highest BCUT2D eigenvalue weighted by molar-refractivity contribution is 5.68. The number of pyridine rings is 1. The van der Waals surface area contributed by atoms with E-state index < -0.39 is 6.09 Å². The lowest BCUT2D eigenvalue weighted by Gasteiger charge is -2.15. The number of carbonyl (C=O) groups is 1. The first kappa shape index (κ1) is 10.7. The lowest BCUT2D eigenvalue weighted by Crippen LogP contribution is -2.30. The normalized spacial score (nSPS) is 16.5. The molecule has 1 aliphatic rings. The van der Waals surface area contributed by atoms with E-state index in [1.165, 1.54) is 10.5 Å². The van der Waals surface area contributed by atoms with Gasteiger partial charge in [0.05, 0.1) is 0 Å². The van der Waals surface area contributed by atoms with Crippen molar-refractivity contribution in [3.8, 4) is 0 Å². The molecular formula is C12H14N2O2. The van der Waals surface area contributed by atoms with Crippen molar-refractivity contribution in [1.82, 2.24) is 9.88 Å². The maximum Gasteiger partial charge on any atom is 0.407 e. The molecule has 0 fully saturated rings. The Morgan fingerprint density at radius 2 is 2.31 bits per heavy atom. The number of aromatic nitrogens is 1. The summed E-state index contributed by atoms with van der Waals surface area (Å²) in [7, 11) is 0. The van der Waals surface area contributed by atoms with Gasteiger partial charge in [-0.15, -0.1) is 0 Å². The van der Waals surface area contributed by atoms with Gasteiger partial charge in [-0.25, -0.2) is 4.79 Å². The third-order valence-electron chi connectivity index (χ3n) is 2.74. The van der Waals surface area contributed by atoms with Crippen molar-refractivity contribution in [2.75, 3.05) is 13.1 Å². The van der Waals surface area contributed by atoms with E-state index in [9.17, 15) is 4.79 Å². The van der Waals surface area contributed by atoms with Crippen LogP contribution in [0.5, 0.6) is 0 Å². The Labute approximate surface area is 94.2 Å². The van der Waals surface area contributed by atoms with E-state index in [0.717, 1.165) is 18.4 Å². The van der Waals surface area contributed by atoms with Gasteiger partial charge in [0.15, 0.2) is 0 Å². The van der Waals surface area contributed by atoms with Gasteiger partial charge in [0.25, 0.3) is 0 Å². The van der Waals surface area contributed by atoms with E-state index in [1.807, 2.05) is 18.3 Å². The minimum absolute atomic E-state index is 0.566. The van der Waals surface area contributed by atoms with Crippen molar-refractivity contribution in [3.05, 3.63) is 36.2 Å². The van der Waals surface area contributed by atoms with E-state index in [-0.39, 0.29) is 0 Å². The van der Waals surface area contributed by atoms with Gasteiger partial charge in [-0.1, -0.05) is 12.1 Å². The predicted octanol–water partition coefficient (Wildman–Crippen LogP) is 2.24. The lowest BCUT2D eigenvalue weighted by atomic mass is 10.0. The molecule has 4 nitrogen and oxygen atoms in total. The summed E-state index contributed by atoms with van der Waals surface area (Å²) >= 11 is 0. The van der Waals surface area contributed by atoms with Crippen molar-refractivity contribution >= 4 is 11.7 Å². The molecule has 1 amide bonds. The zero-order chi connectivity index (χ0) is 11.4. The number of hydrogen-bond donors (Lipinski definition) is 1. The largest absolute Gasteiger partial charge is 0.465 e. The summed E-state index contributed by atoms with van der Waals surface area (Å²) in [4.78, 5) is 16.4. The molecule has 0 bridgehead atoms. The summed E-state index contributed by atoms with van der Waals surface area (Å²) in [6.45, 7) is 1.15. The standard InChI is InChI=1S/C12H14N2O2/c15-12(16)14-7-2-4-10(5-8-14)11-3-1-6-13-9-11/h1,3-4,6,9H,2,5,7-8H2,(H,15,16). The van der Waals surface area contributed by atoms with Gasteiger partial charge in [-0.05, 0) is 30.0 Å². The summed E-state index contributed by atoms with van der Waals surface area (Å²) in [5, 5.41) is 8.91. The quantitative estimate of drug-likeness (QED) is 0.786. The highest BCUT2D eigenvalue weighted by Gasteiger charge is 2.15. The number of amides is 1. The molecule has 0 atom stereocenters. The van der Waals surface area contributed by atoms with Crippen molar-refractivity contribution < 1.29 is 9.90 Å². The van der Waals surface area contributed by atoms with Crippen molar-refractivity contribution in [1.29, 1.82) is 0 Å². The average molecular weight is 218 g/mol. The van der Waals surface area contributed by atoms with Crippen LogP contribution in [-0.2, 0) is 0 Å². The van der Waals surface area contributed by atoms with E-state index >= 15 is 0 Å². The van der Waals surface area contributed by atoms with E-state index in [0.29, 0.717) is 13.1 Å². The van der Waals surface area contributed by atoms with E-state index in [2.05, 4.69) is 11.1 Å². The number of rotatable bonds is 1. The van der Waals surface area contributed by atoms with Gasteiger partial charge in [-0.2, -0.15) is 0 Å². The molecule has 0 unspecified atom stereocenters. The van der Waals surface area contributed by atoms with Gasteiger partial charge in [0.1, 0.15) is 0 Å². The summed E-state index contributed by atoms with van der Waals surface area (Å²) in [6, 6.07) is 3.91. The Kier molecular flexibility index (Phi) is 3.19. The van der Waals surface area contributed by atoms with Crippen LogP contribution in [0.3, 0.4) is 0 Å². The lowest BCUT2D eigenvalue weighted by molar-refractivity contribution is 0.148. The topological polar surface area (TPSA) is 53.4 Å². The molecule has 0 radical (unpaired) electrons. The van der Waals surface area contributed by atoms with E-state index in [4.69, 9.17) is 5.11 Å². The van der Waals surface area contributed by atoms with Crippen LogP contribution in [-0.4, -0.2) is 34.2 Å². The maximum absolute atomic E-state index is 10.8. The van der Waals surface area contributed by atoms with Crippen molar-refractivity contribution in [2.24, 2.45) is 0 Å². The molecule has 1 aliphatic heterocycles. The second-order valence-corrected chi connectivity index (χ2v) is 3.78. The minimum Gasteiger partial charge on any atom is -0.465 e. The molecule has 1 N–H and O–H groups in total. The van der Waals surface area contributed by atoms with Crippen LogP contribution in [0.25, 0.3) is 5.57 Å². The van der Waals surface area contributed by atoms with Gasteiger partial charge in [0.2, 0.25) is 0 Å². The Bertz CT molecular complexity index is 401. The van der Waals surface area contributed by atoms with Crippen LogP contribution in [0, 0.1) is 0 Å². The summed E-state index contributed by atoms with van der Waals surface area (Å²) in [5.41, 5.74) is 2.28. The average Bonchev–Trinajstić information content (AvgIpc) is 2.55. The van der Waals surface area contributed by atoms with Crippen LogP contribution >= 0.6 is 0 Å². The smallest absolute Gasteiger partial charge is 0.407 e. The molecule has 0 aliphatic carbocycles. The van der Waals surface area contributed by atoms with Gasteiger partial charge in [-0.3, -0.25) is 4.98 Å². The van der Waals surface area contributed by atoms with Crippen LogP contribution in [0.15, 0.2) is 30.6 Å². The molecule has 84 valence electrons. The third kappa shape index (κ3) is 2.39. The molecule has 16 heavy (non-hydrogen) atoms. The maximum atomic E-state index is 10.8. The van der Waals surface area contributed by atoms with Crippen LogP contribution in [0.4, 0.5) is 4.79 Å². The Balaban J connectivity index is 2.09. The molecule has 4 heteroatoms. The van der Waals surface area contributed by atoms with Gasteiger partial charge < -0.3 is 10.0 Å². The highest BCUT2D eigenvalue weighted by atomic mass is 16.4. The SMILES string of the molecule is O=C(O)N1CCC=C(c2cccnc2)CC1. The first-order chi connectivity index (χ1) is 7.77. The molecule has 2 heterocycles. The fourth-order valence-electron chi connectivity index (χ4n) is 1.87. The molecule has 0 saturated heterocycles. The molecule has 1 aromatic heterocycles. The fourth-order valence-corrected chi connectivity index (χ4v) is 1.87. The molecule has 0 spiro atoms. The third-order valence-corrected chi connectivity index (χ3v) is 2.74. The second kappa shape index (κ2) is 4.79. The summed E-state index contributed by atoms with van der Waals surface area (Å²) in [6.07, 6.45) is 6.38. The Morgan fingerprint density at radius 3 is 3.00 bits per heavy atom. The number of hydrogen-bond acceptors (Lipinski definition) is 2. The number of carboxylic acid groups (broad SMARTS) is 1. The van der Waals surface area contributed by atoms with Crippen LogP contribution < -0.4 is 0 Å². The van der Waals surface area contributed by atoms with Crippen LogP contribution in [0.2, 0.25) is 0 Å². The Hall–Kier alpha value is -1.84. The van der Waals surface area contributed by atoms with Crippen LogP contribution in [0.1, 0.15) is 18.4 Å². The van der Waals surface area contributed by atoms with Gasteiger partial charge in [0, 0.05) is 25.5 Å². The molecule has 1 aromatic rings. The van der Waals surface area contributed by atoms with Gasteiger partial charge >= 0.3 is 6.09 Å². The first-order valence-corrected chi connectivity index (χ1v) is 5.34. The second-order valence-electron chi connectivity index (χ2n) is 3.78. The summed E-state index contributed by atoms with van der Waals surface area (Å²) in [5.74, 6) is 0. The zero-order valence-electron chi connectivity index (χ0n) is 8.97. The first-order valence-electron chi connectivity index (χ1n) is 5.34.